The van der Waals surface area contributed by atoms with Crippen LogP contribution in [-0.2, 0) is 6.61 Å². The van der Waals surface area contributed by atoms with Gasteiger partial charge < -0.3 is 4.84 Å². The van der Waals surface area contributed by atoms with Gasteiger partial charge in [0.15, 0.2) is 6.61 Å². The summed E-state index contributed by atoms with van der Waals surface area (Å²) in [5.41, 5.74) is 0.568. The van der Waals surface area contributed by atoms with Gasteiger partial charge >= 0.3 is 0 Å². The Morgan fingerprint density at radius 1 is 1.31 bits per heavy atom. The molecule has 0 radical (unpaired) electrons. The summed E-state index contributed by atoms with van der Waals surface area (Å²) in [4.78, 5) is 20.7. The molecule has 2 rings (SSSR count). The van der Waals surface area contributed by atoms with E-state index < -0.39 is 0 Å². The number of aromatic nitrogens is 2. The Labute approximate surface area is 101 Å². The number of rotatable bonds is 3. The molecule has 0 aromatic carbocycles. The molecule has 0 aliphatic heterocycles. The average molecular weight is 281 g/mol. The molecule has 16 heavy (non-hydrogen) atoms. The van der Waals surface area contributed by atoms with E-state index in [1.54, 1.807) is 24.5 Å². The van der Waals surface area contributed by atoms with Crippen molar-refractivity contribution >= 4 is 15.9 Å². The lowest BCUT2D eigenvalue weighted by molar-refractivity contribution is 0.0869. The van der Waals surface area contributed by atoms with Crippen LogP contribution in [0, 0.1) is 0 Å². The Balaban J connectivity index is 2.05. The van der Waals surface area contributed by atoms with Crippen molar-refractivity contribution in [1.82, 2.24) is 9.71 Å². The van der Waals surface area contributed by atoms with Gasteiger partial charge in [0.2, 0.25) is 0 Å². The number of hydrogen-bond donors (Lipinski definition) is 0. The molecule has 0 aliphatic carbocycles. The van der Waals surface area contributed by atoms with Gasteiger partial charge in [-0.3, -0.25) is 9.78 Å². The second-order valence-corrected chi connectivity index (χ2v) is 4.02. The Hall–Kier alpha value is -1.62. The molecule has 0 N–H and O–H groups in total. The Morgan fingerprint density at radius 3 is 2.88 bits per heavy atom. The van der Waals surface area contributed by atoms with E-state index in [1.807, 2.05) is 12.1 Å². The zero-order valence-electron chi connectivity index (χ0n) is 8.34. The van der Waals surface area contributed by atoms with Crippen molar-refractivity contribution in [3.63, 3.8) is 0 Å². The van der Waals surface area contributed by atoms with Gasteiger partial charge in [0.1, 0.15) is 0 Å². The van der Waals surface area contributed by atoms with E-state index >= 15 is 0 Å². The summed E-state index contributed by atoms with van der Waals surface area (Å²) < 4.78 is 2.09. The van der Waals surface area contributed by atoms with Crippen molar-refractivity contribution < 1.29 is 4.84 Å². The third kappa shape index (κ3) is 2.70. The molecule has 0 saturated carbocycles. The van der Waals surface area contributed by atoms with Crippen LogP contribution in [0.1, 0.15) is 5.69 Å². The predicted octanol–water partition coefficient (Wildman–Crippen LogP) is 1.63. The van der Waals surface area contributed by atoms with Gasteiger partial charge in [-0.05, 0) is 34.1 Å². The molecular formula is C11H9BrN2O2. The fourth-order valence-electron chi connectivity index (χ4n) is 1.15. The highest BCUT2D eigenvalue weighted by Crippen LogP contribution is 2.07. The monoisotopic (exact) mass is 280 g/mol. The van der Waals surface area contributed by atoms with E-state index in [2.05, 4.69) is 20.9 Å². The lowest BCUT2D eigenvalue weighted by atomic mass is 10.4. The van der Waals surface area contributed by atoms with E-state index in [-0.39, 0.29) is 12.2 Å². The maximum atomic E-state index is 11.3. The first-order chi connectivity index (χ1) is 7.75. The summed E-state index contributed by atoms with van der Waals surface area (Å²) in [6, 6.07) is 8.54. The average Bonchev–Trinajstić information content (AvgIpc) is 2.30. The van der Waals surface area contributed by atoms with Crippen molar-refractivity contribution in [2.75, 3.05) is 0 Å². The van der Waals surface area contributed by atoms with Crippen LogP contribution in [0.15, 0.2) is 52.0 Å². The Bertz CT molecular complexity index is 522. The molecule has 82 valence electrons. The minimum absolute atomic E-state index is 0.195. The standard InChI is InChI=1S/C11H9BrN2O2/c12-9-4-5-10(13-7-9)8-16-14-6-2-1-3-11(14)15/h1-7H,8H2. The van der Waals surface area contributed by atoms with Crippen molar-refractivity contribution in [3.05, 3.63) is 63.2 Å². The first-order valence-electron chi connectivity index (χ1n) is 4.67. The summed E-state index contributed by atoms with van der Waals surface area (Å²) in [5, 5.41) is 0. The third-order valence-corrected chi connectivity index (χ3v) is 2.40. The van der Waals surface area contributed by atoms with E-state index in [9.17, 15) is 4.79 Å². The highest BCUT2D eigenvalue weighted by Gasteiger charge is 1.97. The minimum Gasteiger partial charge on any atom is -0.404 e. The first kappa shape index (κ1) is 10.9. The van der Waals surface area contributed by atoms with E-state index in [4.69, 9.17) is 4.84 Å². The second kappa shape index (κ2) is 4.94. The zero-order valence-corrected chi connectivity index (χ0v) is 9.92. The summed E-state index contributed by atoms with van der Waals surface area (Å²) in [6.45, 7) is 0.261. The van der Waals surface area contributed by atoms with Gasteiger partial charge in [-0.1, -0.05) is 6.07 Å². The van der Waals surface area contributed by atoms with Crippen LogP contribution in [0.5, 0.6) is 0 Å². The summed E-state index contributed by atoms with van der Waals surface area (Å²) in [5.74, 6) is 0. The van der Waals surface area contributed by atoms with Crippen LogP contribution in [0.4, 0.5) is 0 Å². The highest BCUT2D eigenvalue weighted by atomic mass is 79.9. The molecule has 0 bridgehead atoms. The molecule has 2 aromatic rings. The fourth-order valence-corrected chi connectivity index (χ4v) is 1.38. The van der Waals surface area contributed by atoms with Gasteiger partial charge in [-0.2, -0.15) is 4.73 Å². The smallest absolute Gasteiger partial charge is 0.282 e. The lowest BCUT2D eigenvalue weighted by Gasteiger charge is -2.06. The molecule has 2 heterocycles. The third-order valence-electron chi connectivity index (χ3n) is 1.93. The maximum Gasteiger partial charge on any atom is 0.282 e. The molecule has 0 fully saturated rings. The predicted molar refractivity (Wildman–Crippen MR) is 62.9 cm³/mol. The quantitative estimate of drug-likeness (QED) is 0.859. The highest BCUT2D eigenvalue weighted by molar-refractivity contribution is 9.10. The molecule has 0 aliphatic rings. The summed E-state index contributed by atoms with van der Waals surface area (Å²) in [7, 11) is 0. The van der Waals surface area contributed by atoms with Crippen LogP contribution in [0.25, 0.3) is 0 Å². The number of halogens is 1. The minimum atomic E-state index is -0.195. The van der Waals surface area contributed by atoms with Crippen LogP contribution < -0.4 is 10.4 Å². The van der Waals surface area contributed by atoms with Crippen LogP contribution in [0.2, 0.25) is 0 Å². The van der Waals surface area contributed by atoms with E-state index in [0.29, 0.717) is 0 Å². The molecule has 2 aromatic heterocycles. The summed E-state index contributed by atoms with van der Waals surface area (Å²) >= 11 is 3.29. The molecule has 5 heteroatoms. The Morgan fingerprint density at radius 2 is 2.19 bits per heavy atom. The lowest BCUT2D eigenvalue weighted by Crippen LogP contribution is -2.25. The SMILES string of the molecule is O=c1ccccn1OCc1ccc(Br)cn1. The van der Waals surface area contributed by atoms with Crippen LogP contribution in [-0.4, -0.2) is 9.71 Å². The van der Waals surface area contributed by atoms with Crippen molar-refractivity contribution in [2.45, 2.75) is 6.61 Å². The van der Waals surface area contributed by atoms with E-state index in [1.165, 1.54) is 10.8 Å². The topological polar surface area (TPSA) is 44.1 Å². The normalized spacial score (nSPS) is 10.1. The van der Waals surface area contributed by atoms with Crippen molar-refractivity contribution in [1.29, 1.82) is 0 Å². The number of nitrogens with zero attached hydrogens (tertiary/aromatic N) is 2. The van der Waals surface area contributed by atoms with Crippen LogP contribution in [0.3, 0.4) is 0 Å². The molecule has 0 amide bonds. The number of pyridine rings is 2. The maximum absolute atomic E-state index is 11.3. The molecule has 0 atom stereocenters. The molecular weight excluding hydrogens is 272 g/mol. The fraction of sp³-hybridized carbons (Fsp3) is 0.0909. The van der Waals surface area contributed by atoms with Gasteiger partial charge in [0.25, 0.3) is 5.56 Å². The largest absolute Gasteiger partial charge is 0.404 e. The van der Waals surface area contributed by atoms with Crippen LogP contribution >= 0.6 is 15.9 Å². The molecule has 0 saturated heterocycles. The summed E-state index contributed by atoms with van der Waals surface area (Å²) in [6.07, 6.45) is 3.26. The molecule has 0 unspecified atom stereocenters. The van der Waals surface area contributed by atoms with Gasteiger partial charge in [-0.15, -0.1) is 0 Å². The number of hydrogen-bond acceptors (Lipinski definition) is 3. The zero-order chi connectivity index (χ0) is 11.4. The van der Waals surface area contributed by atoms with Crippen molar-refractivity contribution in [2.24, 2.45) is 0 Å². The van der Waals surface area contributed by atoms with Gasteiger partial charge in [0, 0.05) is 22.9 Å². The van der Waals surface area contributed by atoms with Crippen molar-refractivity contribution in [3.8, 4) is 0 Å². The van der Waals surface area contributed by atoms with Gasteiger partial charge in [0.05, 0.1) is 5.69 Å². The molecule has 0 spiro atoms. The Kier molecular flexibility index (Phi) is 3.36. The second-order valence-electron chi connectivity index (χ2n) is 3.11. The molecule has 4 nitrogen and oxygen atoms in total. The first-order valence-corrected chi connectivity index (χ1v) is 5.46. The van der Waals surface area contributed by atoms with Gasteiger partial charge in [-0.25, -0.2) is 0 Å². The van der Waals surface area contributed by atoms with E-state index in [0.717, 1.165) is 10.2 Å².